The Balaban J connectivity index is 2.02. The van der Waals surface area contributed by atoms with Crippen LogP contribution in [-0.4, -0.2) is 25.0 Å². The quantitative estimate of drug-likeness (QED) is 0.531. The molecule has 0 aliphatic carbocycles. The summed E-state index contributed by atoms with van der Waals surface area (Å²) in [6, 6.07) is 13.8. The average Bonchev–Trinajstić information content (AvgIpc) is 2.61. The van der Waals surface area contributed by atoms with Gasteiger partial charge in [-0.05, 0) is 48.6 Å². The molecule has 5 nitrogen and oxygen atoms in total. The van der Waals surface area contributed by atoms with Crippen LogP contribution in [0.4, 0.5) is 5.69 Å². The number of hydrogen-bond donors (Lipinski definition) is 2. The molecule has 0 radical (unpaired) electrons. The van der Waals surface area contributed by atoms with E-state index in [0.717, 1.165) is 33.3 Å². The summed E-state index contributed by atoms with van der Waals surface area (Å²) in [5.41, 5.74) is 4.88. The first-order chi connectivity index (χ1) is 12.5. The van der Waals surface area contributed by atoms with Gasteiger partial charge in [0.05, 0.1) is 17.0 Å². The van der Waals surface area contributed by atoms with E-state index >= 15 is 0 Å². The molecule has 6 heteroatoms. The molecule has 132 valence electrons. The van der Waals surface area contributed by atoms with Crippen molar-refractivity contribution < 1.29 is 8.76 Å². The summed E-state index contributed by atoms with van der Waals surface area (Å²) in [6.45, 7) is 4.09. The lowest BCUT2D eigenvalue weighted by molar-refractivity contribution is 0.563. The highest BCUT2D eigenvalue weighted by atomic mass is 32.2. The first kappa shape index (κ1) is 18.1. The van der Waals surface area contributed by atoms with E-state index in [1.165, 1.54) is 0 Å². The summed E-state index contributed by atoms with van der Waals surface area (Å²) in [4.78, 5) is 0. The fraction of sp³-hybridized carbons (Fsp3) is 0.200. The Kier molecular flexibility index (Phi) is 5.31. The van der Waals surface area contributed by atoms with Gasteiger partial charge in [0.2, 0.25) is 0 Å². The monoisotopic (exact) mass is 365 g/mol. The molecule has 26 heavy (non-hydrogen) atoms. The van der Waals surface area contributed by atoms with Crippen molar-refractivity contribution in [2.24, 2.45) is 0 Å². The molecule has 1 unspecified atom stereocenters. The van der Waals surface area contributed by atoms with Gasteiger partial charge in [-0.1, -0.05) is 30.3 Å². The number of terminal acetylenes is 1. The van der Waals surface area contributed by atoms with Crippen LogP contribution in [0.2, 0.25) is 0 Å². The summed E-state index contributed by atoms with van der Waals surface area (Å²) >= 11 is -1.84. The van der Waals surface area contributed by atoms with Crippen molar-refractivity contribution in [3.8, 4) is 23.5 Å². The minimum absolute atomic E-state index is 0.128. The van der Waals surface area contributed by atoms with E-state index in [1.54, 1.807) is 0 Å². The van der Waals surface area contributed by atoms with E-state index < -0.39 is 11.1 Å². The first-order valence-electron chi connectivity index (χ1n) is 8.18. The van der Waals surface area contributed by atoms with Crippen molar-refractivity contribution >= 4 is 27.7 Å². The number of fused-ring (bicyclic) bond motifs is 1. The second-order valence-electron chi connectivity index (χ2n) is 6.26. The van der Waals surface area contributed by atoms with Gasteiger partial charge in [0.1, 0.15) is 0 Å². The number of nitrogens with zero attached hydrogens (tertiary/aromatic N) is 2. The van der Waals surface area contributed by atoms with Crippen molar-refractivity contribution in [3.63, 3.8) is 0 Å². The molecule has 0 aliphatic rings. The van der Waals surface area contributed by atoms with E-state index in [9.17, 15) is 4.21 Å². The fourth-order valence-corrected chi connectivity index (χ4v) is 3.24. The molecule has 3 aromatic rings. The second kappa shape index (κ2) is 7.65. The second-order valence-corrected chi connectivity index (χ2v) is 7.19. The third-order valence-corrected chi connectivity index (χ3v) is 4.49. The molecule has 0 aliphatic heterocycles. The number of hydrogen-bond acceptors (Lipinski definition) is 4. The lowest BCUT2D eigenvalue weighted by atomic mass is 10.0. The number of aromatic nitrogens is 2. The van der Waals surface area contributed by atoms with Crippen molar-refractivity contribution in [1.29, 1.82) is 0 Å². The number of anilines is 1. The molecule has 0 saturated heterocycles. The fourth-order valence-electron chi connectivity index (χ4n) is 2.76. The van der Waals surface area contributed by atoms with Gasteiger partial charge in [-0.2, -0.15) is 0 Å². The van der Waals surface area contributed by atoms with Gasteiger partial charge in [0.25, 0.3) is 0 Å². The lowest BCUT2D eigenvalue weighted by Crippen LogP contribution is -2.12. The minimum Gasteiger partial charge on any atom is -0.380 e. The van der Waals surface area contributed by atoms with Crippen LogP contribution in [0, 0.1) is 12.3 Å². The molecule has 0 fully saturated rings. The highest BCUT2D eigenvalue weighted by Crippen LogP contribution is 2.29. The van der Waals surface area contributed by atoms with Crippen LogP contribution in [0.1, 0.15) is 25.1 Å². The van der Waals surface area contributed by atoms with Crippen LogP contribution in [0.25, 0.3) is 22.0 Å². The van der Waals surface area contributed by atoms with Crippen LogP contribution >= 0.6 is 0 Å². The first-order valence-corrected chi connectivity index (χ1v) is 9.46. The maximum absolute atomic E-state index is 10.9. The van der Waals surface area contributed by atoms with Crippen LogP contribution in [0.15, 0.2) is 42.5 Å². The molecule has 1 heterocycles. The van der Waals surface area contributed by atoms with E-state index in [4.69, 9.17) is 11.0 Å². The van der Waals surface area contributed by atoms with Gasteiger partial charge in [0.15, 0.2) is 16.8 Å². The van der Waals surface area contributed by atoms with Gasteiger partial charge < -0.3 is 9.87 Å². The summed E-state index contributed by atoms with van der Waals surface area (Å²) in [6.07, 6.45) is 5.55. The molecule has 0 bridgehead atoms. The van der Waals surface area contributed by atoms with E-state index in [-0.39, 0.29) is 11.8 Å². The minimum atomic E-state index is -1.84. The summed E-state index contributed by atoms with van der Waals surface area (Å²) < 4.78 is 19.9. The predicted octanol–water partition coefficient (Wildman–Crippen LogP) is 3.82. The van der Waals surface area contributed by atoms with Crippen LogP contribution in [0.3, 0.4) is 0 Å². The average molecular weight is 365 g/mol. The molecule has 3 rings (SSSR count). The maximum Gasteiger partial charge on any atom is 0.159 e. The SMILES string of the molecule is C#Cc1nnc2cc(-c3ccc(CS(=O)O)cc3)ccc2c1NC(C)C. The van der Waals surface area contributed by atoms with Crippen molar-refractivity contribution in [2.45, 2.75) is 25.6 Å². The topological polar surface area (TPSA) is 75.1 Å². The highest BCUT2D eigenvalue weighted by Gasteiger charge is 2.11. The zero-order valence-electron chi connectivity index (χ0n) is 14.6. The Hall–Kier alpha value is -2.75. The smallest absolute Gasteiger partial charge is 0.159 e. The van der Waals surface area contributed by atoms with Crippen LogP contribution < -0.4 is 5.32 Å². The maximum atomic E-state index is 10.9. The normalized spacial score (nSPS) is 12.1. The van der Waals surface area contributed by atoms with Crippen LogP contribution in [-0.2, 0) is 16.8 Å². The van der Waals surface area contributed by atoms with Gasteiger partial charge in [-0.15, -0.1) is 16.6 Å². The molecule has 1 atom stereocenters. The zero-order valence-corrected chi connectivity index (χ0v) is 15.4. The Morgan fingerprint density at radius 2 is 1.85 bits per heavy atom. The van der Waals surface area contributed by atoms with Crippen LogP contribution in [0.5, 0.6) is 0 Å². The molecule has 2 N–H and O–H groups in total. The summed E-state index contributed by atoms with van der Waals surface area (Å²) in [7, 11) is 0. The highest BCUT2D eigenvalue weighted by molar-refractivity contribution is 7.78. The molecular weight excluding hydrogens is 346 g/mol. The zero-order chi connectivity index (χ0) is 18.7. The Morgan fingerprint density at radius 1 is 1.15 bits per heavy atom. The van der Waals surface area contributed by atoms with Gasteiger partial charge >= 0.3 is 0 Å². The van der Waals surface area contributed by atoms with E-state index in [0.29, 0.717) is 5.69 Å². The van der Waals surface area contributed by atoms with Crippen molar-refractivity contribution in [2.75, 3.05) is 5.32 Å². The number of rotatable bonds is 5. The molecule has 2 aromatic carbocycles. The Labute approximate surface area is 155 Å². The molecule has 1 aromatic heterocycles. The molecule has 0 spiro atoms. The molecule has 0 saturated carbocycles. The lowest BCUT2D eigenvalue weighted by Gasteiger charge is -2.14. The summed E-state index contributed by atoms with van der Waals surface area (Å²) in [5.74, 6) is 2.71. The standard InChI is InChI=1S/C20H19N3O2S/c1-4-18-20(21-13(2)3)17-10-9-16(11-19(17)23-22-18)15-7-5-14(6-8-15)12-26(24)25/h1,5-11,13H,12H2,2-3H3,(H,21,23)(H,24,25). The van der Waals surface area contributed by atoms with E-state index in [2.05, 4.69) is 21.4 Å². The third-order valence-electron chi connectivity index (χ3n) is 3.91. The Bertz CT molecular complexity index is 1010. The summed E-state index contributed by atoms with van der Waals surface area (Å²) in [5, 5.41) is 12.7. The van der Waals surface area contributed by atoms with Gasteiger partial charge in [0, 0.05) is 11.4 Å². The van der Waals surface area contributed by atoms with Gasteiger partial charge in [-0.3, -0.25) is 0 Å². The number of nitrogens with one attached hydrogen (secondary N) is 1. The van der Waals surface area contributed by atoms with E-state index in [1.807, 2.05) is 56.3 Å². The largest absolute Gasteiger partial charge is 0.380 e. The van der Waals surface area contributed by atoms with Crippen molar-refractivity contribution in [3.05, 3.63) is 53.7 Å². The number of benzene rings is 2. The molecular formula is C20H19N3O2S. The Morgan fingerprint density at radius 3 is 2.46 bits per heavy atom. The van der Waals surface area contributed by atoms with Crippen molar-refractivity contribution in [1.82, 2.24) is 10.2 Å². The van der Waals surface area contributed by atoms with Gasteiger partial charge in [-0.25, -0.2) is 4.21 Å². The predicted molar refractivity (Wildman–Crippen MR) is 106 cm³/mol. The molecule has 0 amide bonds. The third kappa shape index (κ3) is 3.90.